The van der Waals surface area contributed by atoms with Crippen molar-refractivity contribution in [2.24, 2.45) is 28.1 Å². The maximum Gasteiger partial charge on any atom is 0.326 e. The first-order valence-electron chi connectivity index (χ1n) is 11.0. The Morgan fingerprint density at radius 2 is 1.62 bits per heavy atom. The minimum atomic E-state index is -1.17. The summed E-state index contributed by atoms with van der Waals surface area (Å²) >= 11 is 5.66. The second-order valence-electron chi connectivity index (χ2n) is 7.85. The fourth-order valence-corrected chi connectivity index (χ4v) is 3.58. The number of hydrogen-bond acceptors (Lipinski definition) is 8. The molecule has 0 heterocycles. The molecule has 0 aliphatic rings. The number of aliphatic carboxylic acids is 1. The summed E-state index contributed by atoms with van der Waals surface area (Å²) in [5.41, 5.74) is 16.5. The molecule has 14 heteroatoms. The molecule has 0 aromatic rings. The normalized spacial score (nSPS) is 15.2. The van der Waals surface area contributed by atoms with Crippen molar-refractivity contribution in [3.8, 4) is 0 Å². The maximum absolute atomic E-state index is 12.9. The third-order valence-electron chi connectivity index (χ3n) is 5.14. The summed E-state index contributed by atoms with van der Waals surface area (Å²) in [5.74, 6) is -2.78. The molecule has 12 nitrogen and oxygen atoms in total. The molecule has 3 amide bonds. The van der Waals surface area contributed by atoms with Crippen molar-refractivity contribution in [2.75, 3.05) is 24.3 Å². The van der Waals surface area contributed by atoms with Crippen molar-refractivity contribution in [1.82, 2.24) is 16.0 Å². The number of carbonyl (C=O) groups is 4. The summed E-state index contributed by atoms with van der Waals surface area (Å²) in [4.78, 5) is 53.4. The Kier molecular flexibility index (Phi) is 16.2. The number of carboxylic acids is 1. The quantitative estimate of drug-likeness (QED) is 0.0490. The van der Waals surface area contributed by atoms with Crippen LogP contribution in [0.1, 0.15) is 39.5 Å². The summed E-state index contributed by atoms with van der Waals surface area (Å²) in [5, 5.41) is 17.0. The van der Waals surface area contributed by atoms with Gasteiger partial charge in [0.2, 0.25) is 17.7 Å². The fourth-order valence-electron chi connectivity index (χ4n) is 2.83. The number of carbonyl (C=O) groups excluding carboxylic acids is 3. The highest BCUT2D eigenvalue weighted by molar-refractivity contribution is 7.98. The van der Waals surface area contributed by atoms with Crippen LogP contribution in [0.5, 0.6) is 0 Å². The van der Waals surface area contributed by atoms with E-state index in [1.807, 2.05) is 13.2 Å². The van der Waals surface area contributed by atoms with Gasteiger partial charge < -0.3 is 38.3 Å². The van der Waals surface area contributed by atoms with Crippen molar-refractivity contribution >= 4 is 54.0 Å². The van der Waals surface area contributed by atoms with Gasteiger partial charge in [-0.1, -0.05) is 20.3 Å². The minimum Gasteiger partial charge on any atom is -0.480 e. The predicted molar refractivity (Wildman–Crippen MR) is 138 cm³/mol. The van der Waals surface area contributed by atoms with Crippen molar-refractivity contribution in [1.29, 1.82) is 0 Å². The Labute approximate surface area is 210 Å². The smallest absolute Gasteiger partial charge is 0.326 e. The molecule has 0 spiro atoms. The lowest BCUT2D eigenvalue weighted by Crippen LogP contribution is -2.58. The van der Waals surface area contributed by atoms with E-state index in [1.54, 1.807) is 18.7 Å². The molecular weight excluding hydrogens is 482 g/mol. The molecule has 10 N–H and O–H groups in total. The molecule has 0 saturated heterocycles. The third kappa shape index (κ3) is 12.3. The van der Waals surface area contributed by atoms with Gasteiger partial charge in [-0.3, -0.25) is 19.4 Å². The van der Waals surface area contributed by atoms with Gasteiger partial charge in [-0.25, -0.2) is 4.79 Å². The van der Waals surface area contributed by atoms with Crippen molar-refractivity contribution in [2.45, 2.75) is 63.7 Å². The van der Waals surface area contributed by atoms with Gasteiger partial charge in [0.25, 0.3) is 0 Å². The van der Waals surface area contributed by atoms with Crippen LogP contribution in [-0.4, -0.2) is 83.2 Å². The van der Waals surface area contributed by atoms with Crippen LogP contribution in [0.4, 0.5) is 0 Å². The van der Waals surface area contributed by atoms with E-state index < -0.39 is 47.9 Å². The van der Waals surface area contributed by atoms with E-state index in [9.17, 15) is 24.3 Å². The topological polar surface area (TPSA) is 215 Å². The molecule has 34 heavy (non-hydrogen) atoms. The van der Waals surface area contributed by atoms with Gasteiger partial charge in [-0.15, -0.1) is 0 Å². The highest BCUT2D eigenvalue weighted by Gasteiger charge is 2.31. The summed E-state index contributed by atoms with van der Waals surface area (Å²) in [6.07, 6.45) is 3.43. The Bertz CT molecular complexity index is 707. The number of nitrogens with zero attached hydrogens (tertiary/aromatic N) is 1. The van der Waals surface area contributed by atoms with Crippen LogP contribution >= 0.6 is 24.4 Å². The van der Waals surface area contributed by atoms with Crippen LogP contribution in [0.3, 0.4) is 0 Å². The zero-order valence-electron chi connectivity index (χ0n) is 20.0. The van der Waals surface area contributed by atoms with Crippen molar-refractivity contribution in [3.63, 3.8) is 0 Å². The average Bonchev–Trinajstić information content (AvgIpc) is 2.79. The number of guanidine groups is 1. The van der Waals surface area contributed by atoms with Crippen LogP contribution in [-0.2, 0) is 19.2 Å². The van der Waals surface area contributed by atoms with E-state index in [0.717, 1.165) is 0 Å². The Hall–Kier alpha value is -2.19. The molecule has 0 aliphatic carbocycles. The van der Waals surface area contributed by atoms with Gasteiger partial charge in [-0.05, 0) is 37.2 Å². The monoisotopic (exact) mass is 521 g/mol. The summed E-state index contributed by atoms with van der Waals surface area (Å²) in [6.45, 7) is 3.76. The Morgan fingerprint density at radius 3 is 2.12 bits per heavy atom. The van der Waals surface area contributed by atoms with E-state index in [4.69, 9.17) is 17.2 Å². The first kappa shape index (κ1) is 31.8. The molecule has 5 atom stereocenters. The number of carboxylic acid groups (broad SMARTS) is 1. The highest BCUT2D eigenvalue weighted by atomic mass is 32.2. The van der Waals surface area contributed by atoms with E-state index >= 15 is 0 Å². The van der Waals surface area contributed by atoms with E-state index in [1.165, 1.54) is 0 Å². The lowest BCUT2D eigenvalue weighted by molar-refractivity contribution is -0.143. The number of rotatable bonds is 17. The van der Waals surface area contributed by atoms with Gasteiger partial charge in [-0.2, -0.15) is 24.4 Å². The van der Waals surface area contributed by atoms with Gasteiger partial charge in [0, 0.05) is 12.3 Å². The molecule has 5 unspecified atom stereocenters. The number of aliphatic imine (C=N–C) groups is 1. The van der Waals surface area contributed by atoms with Crippen LogP contribution in [0.25, 0.3) is 0 Å². The predicted octanol–water partition coefficient (Wildman–Crippen LogP) is -1.36. The lowest BCUT2D eigenvalue weighted by Gasteiger charge is -2.26. The summed E-state index contributed by atoms with van der Waals surface area (Å²) in [7, 11) is 0. The van der Waals surface area contributed by atoms with Gasteiger partial charge in [0.15, 0.2) is 5.96 Å². The Morgan fingerprint density at radius 1 is 1.03 bits per heavy atom. The number of thiol groups is 1. The molecule has 0 aliphatic heterocycles. The molecule has 0 aromatic heterocycles. The number of amides is 3. The largest absolute Gasteiger partial charge is 0.480 e. The third-order valence-corrected chi connectivity index (χ3v) is 6.15. The Balaban J connectivity index is 5.36. The standard InChI is InChI=1S/C20H39N7O5S2/c1-4-11(2)15(19(31)32)27-18(30)14(10-33)26-17(29)13(6-5-8-24-20(22)23)25-16(28)12(21)7-9-34-3/h11-15,33H,4-10,21H2,1-3H3,(H,25,28)(H,26,29)(H,27,30)(H,31,32)(H4,22,23,24). The molecule has 0 bridgehead atoms. The average molecular weight is 522 g/mol. The minimum absolute atomic E-state index is 0.0771. The number of nitrogens with one attached hydrogen (secondary N) is 3. The molecule has 196 valence electrons. The van der Waals surface area contributed by atoms with Gasteiger partial charge >= 0.3 is 5.97 Å². The summed E-state index contributed by atoms with van der Waals surface area (Å²) in [6, 6.07) is -4.01. The summed E-state index contributed by atoms with van der Waals surface area (Å²) < 4.78 is 0. The first-order chi connectivity index (χ1) is 16.0. The maximum atomic E-state index is 12.9. The second-order valence-corrected chi connectivity index (χ2v) is 9.20. The fraction of sp³-hybridized carbons (Fsp3) is 0.750. The molecule has 0 aromatic carbocycles. The number of nitrogens with two attached hydrogens (primary N) is 3. The van der Waals surface area contributed by atoms with E-state index in [0.29, 0.717) is 25.0 Å². The van der Waals surface area contributed by atoms with Crippen LogP contribution in [0.2, 0.25) is 0 Å². The molecule has 0 radical (unpaired) electrons. The van der Waals surface area contributed by atoms with Crippen molar-refractivity contribution in [3.05, 3.63) is 0 Å². The van der Waals surface area contributed by atoms with Crippen LogP contribution < -0.4 is 33.2 Å². The van der Waals surface area contributed by atoms with E-state index in [-0.39, 0.29) is 30.6 Å². The van der Waals surface area contributed by atoms with Crippen LogP contribution in [0.15, 0.2) is 4.99 Å². The first-order valence-corrected chi connectivity index (χ1v) is 13.1. The number of thioether (sulfide) groups is 1. The molecular formula is C20H39N7O5S2. The lowest BCUT2D eigenvalue weighted by atomic mass is 9.99. The zero-order valence-corrected chi connectivity index (χ0v) is 21.7. The van der Waals surface area contributed by atoms with Gasteiger partial charge in [0.1, 0.15) is 18.1 Å². The molecule has 0 fully saturated rings. The second kappa shape index (κ2) is 17.3. The van der Waals surface area contributed by atoms with Crippen LogP contribution in [0, 0.1) is 5.92 Å². The molecule has 0 rings (SSSR count). The zero-order chi connectivity index (χ0) is 26.3. The van der Waals surface area contributed by atoms with Crippen molar-refractivity contribution < 1.29 is 24.3 Å². The number of hydrogen-bond donors (Lipinski definition) is 8. The molecule has 0 saturated carbocycles. The SMILES string of the molecule is CCC(C)C(NC(=O)C(CS)NC(=O)C(CCCN=C(N)N)NC(=O)C(N)CCSC)C(=O)O. The van der Waals surface area contributed by atoms with E-state index in [2.05, 4.69) is 33.6 Å². The highest BCUT2D eigenvalue weighted by Crippen LogP contribution is 2.09. The van der Waals surface area contributed by atoms with Gasteiger partial charge in [0.05, 0.1) is 6.04 Å².